The lowest BCUT2D eigenvalue weighted by atomic mass is 10.1. The maximum atomic E-state index is 5.94. The molecule has 1 saturated heterocycles. The van der Waals surface area contributed by atoms with Crippen LogP contribution in [0.3, 0.4) is 0 Å². The third kappa shape index (κ3) is 2.86. The van der Waals surface area contributed by atoms with Gasteiger partial charge in [0.25, 0.3) is 0 Å². The molecule has 2 aromatic rings. The van der Waals surface area contributed by atoms with Gasteiger partial charge >= 0.3 is 0 Å². The van der Waals surface area contributed by atoms with E-state index in [2.05, 4.69) is 16.3 Å². The third-order valence-electron chi connectivity index (χ3n) is 3.52. The minimum absolute atomic E-state index is 0.747. The van der Waals surface area contributed by atoms with Gasteiger partial charge in [-0.25, -0.2) is 4.99 Å². The molecule has 3 nitrogen and oxygen atoms in total. The van der Waals surface area contributed by atoms with Gasteiger partial charge in [-0.05, 0) is 42.1 Å². The molecular formula is C15H16ClN3S. The highest BCUT2D eigenvalue weighted by molar-refractivity contribution is 7.10. The number of aliphatic imine (C=N–C) groups is 1. The van der Waals surface area contributed by atoms with Crippen molar-refractivity contribution in [2.45, 2.75) is 19.3 Å². The summed E-state index contributed by atoms with van der Waals surface area (Å²) in [4.78, 5) is 7.07. The van der Waals surface area contributed by atoms with Gasteiger partial charge < -0.3 is 4.90 Å². The molecule has 20 heavy (non-hydrogen) atoms. The standard InChI is InChI=1S/C15H16ClN3S/c1-19-9-3-2-4-14(19)18-15-13(10-17-20-15)11-5-7-12(16)8-6-11/h5-8,10H,2-4,9H2,1H3/b18-14+. The lowest BCUT2D eigenvalue weighted by Crippen LogP contribution is -2.31. The first-order valence-corrected chi connectivity index (χ1v) is 7.88. The van der Waals surface area contributed by atoms with Crippen LogP contribution < -0.4 is 0 Å². The van der Waals surface area contributed by atoms with E-state index in [0.29, 0.717) is 0 Å². The largest absolute Gasteiger partial charge is 0.363 e. The van der Waals surface area contributed by atoms with E-state index in [0.717, 1.165) is 40.0 Å². The number of rotatable bonds is 2. The molecule has 0 radical (unpaired) electrons. The van der Waals surface area contributed by atoms with Crippen LogP contribution in [0.25, 0.3) is 11.1 Å². The molecule has 2 heterocycles. The Hall–Kier alpha value is -1.39. The molecule has 0 bridgehead atoms. The Morgan fingerprint density at radius 1 is 1.25 bits per heavy atom. The highest BCUT2D eigenvalue weighted by atomic mass is 35.5. The van der Waals surface area contributed by atoms with Crippen molar-refractivity contribution >= 4 is 34.0 Å². The van der Waals surface area contributed by atoms with Crippen LogP contribution in [-0.4, -0.2) is 28.7 Å². The topological polar surface area (TPSA) is 28.5 Å². The van der Waals surface area contributed by atoms with E-state index in [1.54, 1.807) is 0 Å². The zero-order valence-corrected chi connectivity index (χ0v) is 12.9. The fraction of sp³-hybridized carbons (Fsp3) is 0.333. The Morgan fingerprint density at radius 3 is 2.80 bits per heavy atom. The fourth-order valence-electron chi connectivity index (χ4n) is 2.35. The highest BCUT2D eigenvalue weighted by Crippen LogP contribution is 2.35. The molecule has 0 atom stereocenters. The summed E-state index contributed by atoms with van der Waals surface area (Å²) in [5, 5.41) is 1.73. The molecule has 5 heteroatoms. The van der Waals surface area contributed by atoms with Gasteiger partial charge in [0.2, 0.25) is 0 Å². The van der Waals surface area contributed by atoms with E-state index in [1.807, 2.05) is 30.5 Å². The van der Waals surface area contributed by atoms with Gasteiger partial charge in [-0.3, -0.25) is 0 Å². The second kappa shape index (κ2) is 5.94. The molecular weight excluding hydrogens is 290 g/mol. The van der Waals surface area contributed by atoms with Gasteiger partial charge in [-0.2, -0.15) is 4.37 Å². The van der Waals surface area contributed by atoms with Crippen LogP contribution in [0, 0.1) is 0 Å². The molecule has 1 aromatic carbocycles. The average molecular weight is 306 g/mol. The smallest absolute Gasteiger partial charge is 0.146 e. The summed E-state index contributed by atoms with van der Waals surface area (Å²) in [6, 6.07) is 7.83. The van der Waals surface area contributed by atoms with Crippen LogP contribution >= 0.6 is 23.1 Å². The van der Waals surface area contributed by atoms with E-state index in [1.165, 1.54) is 24.4 Å². The molecule has 0 amide bonds. The summed E-state index contributed by atoms with van der Waals surface area (Å²) in [7, 11) is 2.11. The maximum Gasteiger partial charge on any atom is 0.146 e. The third-order valence-corrected chi connectivity index (χ3v) is 4.47. The Labute approximate surface area is 128 Å². The van der Waals surface area contributed by atoms with Crippen molar-refractivity contribution < 1.29 is 0 Å². The summed E-state index contributed by atoms with van der Waals surface area (Å²) in [5.41, 5.74) is 2.19. The van der Waals surface area contributed by atoms with Crippen LogP contribution in [0.1, 0.15) is 19.3 Å². The number of nitrogens with zero attached hydrogens (tertiary/aromatic N) is 3. The Balaban J connectivity index is 1.94. The molecule has 0 spiro atoms. The number of amidine groups is 1. The van der Waals surface area contributed by atoms with Crippen LogP contribution in [0.4, 0.5) is 5.00 Å². The highest BCUT2D eigenvalue weighted by Gasteiger charge is 2.14. The SMILES string of the molecule is CN1CCCC/C1=N\c1sncc1-c1ccc(Cl)cc1. The van der Waals surface area contributed by atoms with E-state index in [9.17, 15) is 0 Å². The Bertz CT molecular complexity index is 618. The summed E-state index contributed by atoms with van der Waals surface area (Å²) < 4.78 is 4.29. The van der Waals surface area contributed by atoms with Crippen LogP contribution in [0.5, 0.6) is 0 Å². The van der Waals surface area contributed by atoms with Gasteiger partial charge in [0.05, 0.1) is 6.20 Å². The predicted octanol–water partition coefficient (Wildman–Crippen LogP) is 4.61. The molecule has 0 aliphatic carbocycles. The molecule has 0 N–H and O–H groups in total. The predicted molar refractivity (Wildman–Crippen MR) is 86.1 cm³/mol. The summed E-state index contributed by atoms with van der Waals surface area (Å²) in [6.45, 7) is 1.09. The summed E-state index contributed by atoms with van der Waals surface area (Å²) in [5.74, 6) is 1.16. The molecule has 3 rings (SSSR count). The molecule has 1 aromatic heterocycles. The monoisotopic (exact) mass is 305 g/mol. The number of likely N-dealkylation sites (tertiary alicyclic amines) is 1. The van der Waals surface area contributed by atoms with Crippen LogP contribution in [0.2, 0.25) is 5.02 Å². The molecule has 0 saturated carbocycles. The van der Waals surface area contributed by atoms with Crippen molar-refractivity contribution in [2.75, 3.05) is 13.6 Å². The number of piperidine rings is 1. The average Bonchev–Trinajstić information content (AvgIpc) is 2.90. The first-order valence-electron chi connectivity index (χ1n) is 6.73. The van der Waals surface area contributed by atoms with Gasteiger partial charge in [-0.1, -0.05) is 23.7 Å². The number of aromatic nitrogens is 1. The minimum Gasteiger partial charge on any atom is -0.363 e. The number of halogens is 1. The Morgan fingerprint density at radius 2 is 2.05 bits per heavy atom. The van der Waals surface area contributed by atoms with Gasteiger partial charge in [-0.15, -0.1) is 0 Å². The first-order chi connectivity index (χ1) is 9.74. The second-order valence-corrected chi connectivity index (χ2v) is 6.17. The normalized spacial score (nSPS) is 17.7. The molecule has 104 valence electrons. The van der Waals surface area contributed by atoms with Crippen molar-refractivity contribution in [1.29, 1.82) is 0 Å². The lowest BCUT2D eigenvalue weighted by Gasteiger charge is -2.25. The molecule has 1 aliphatic heterocycles. The zero-order valence-electron chi connectivity index (χ0n) is 11.3. The van der Waals surface area contributed by atoms with E-state index < -0.39 is 0 Å². The van der Waals surface area contributed by atoms with Gasteiger partial charge in [0, 0.05) is 30.6 Å². The molecule has 1 aliphatic rings. The minimum atomic E-state index is 0.747. The van der Waals surface area contributed by atoms with E-state index in [4.69, 9.17) is 16.6 Å². The van der Waals surface area contributed by atoms with E-state index in [-0.39, 0.29) is 0 Å². The summed E-state index contributed by atoms with van der Waals surface area (Å²) in [6.07, 6.45) is 5.41. The van der Waals surface area contributed by atoms with Crippen molar-refractivity contribution in [1.82, 2.24) is 9.27 Å². The summed E-state index contributed by atoms with van der Waals surface area (Å²) >= 11 is 7.39. The molecule has 0 unspecified atom stereocenters. The quantitative estimate of drug-likeness (QED) is 0.810. The number of hydrogen-bond donors (Lipinski definition) is 0. The Kier molecular flexibility index (Phi) is 4.03. The number of hydrogen-bond acceptors (Lipinski definition) is 3. The fourth-order valence-corrected chi connectivity index (χ4v) is 3.15. The number of benzene rings is 1. The van der Waals surface area contributed by atoms with Crippen molar-refractivity contribution in [3.63, 3.8) is 0 Å². The van der Waals surface area contributed by atoms with Gasteiger partial charge in [0.1, 0.15) is 10.8 Å². The first kappa shape index (κ1) is 13.6. The van der Waals surface area contributed by atoms with Crippen molar-refractivity contribution in [3.8, 4) is 11.1 Å². The maximum absolute atomic E-state index is 5.94. The molecule has 1 fully saturated rings. The van der Waals surface area contributed by atoms with Crippen molar-refractivity contribution in [2.24, 2.45) is 4.99 Å². The van der Waals surface area contributed by atoms with E-state index >= 15 is 0 Å². The second-order valence-electron chi connectivity index (χ2n) is 4.96. The van der Waals surface area contributed by atoms with Crippen molar-refractivity contribution in [3.05, 3.63) is 35.5 Å². The zero-order chi connectivity index (χ0) is 13.9. The van der Waals surface area contributed by atoms with Gasteiger partial charge in [0.15, 0.2) is 0 Å². The lowest BCUT2D eigenvalue weighted by molar-refractivity contribution is 0.434. The van der Waals surface area contributed by atoms with Crippen LogP contribution in [-0.2, 0) is 0 Å². The van der Waals surface area contributed by atoms with Crippen LogP contribution in [0.15, 0.2) is 35.5 Å².